The number of hydrogen-bond acceptors (Lipinski definition) is 3. The molecule has 0 heterocycles. The molecule has 3 nitrogen and oxygen atoms in total. The van der Waals surface area contributed by atoms with E-state index in [1.165, 1.54) is 7.11 Å². The third-order valence-corrected chi connectivity index (χ3v) is 2.68. The van der Waals surface area contributed by atoms with Crippen molar-refractivity contribution in [2.24, 2.45) is 5.92 Å². The van der Waals surface area contributed by atoms with Crippen molar-refractivity contribution in [1.29, 1.82) is 0 Å². The van der Waals surface area contributed by atoms with Gasteiger partial charge in [-0.3, -0.25) is 4.79 Å². The second kappa shape index (κ2) is 5.87. The summed E-state index contributed by atoms with van der Waals surface area (Å²) in [6.45, 7) is 1.79. The van der Waals surface area contributed by atoms with Crippen molar-refractivity contribution in [2.75, 3.05) is 7.11 Å². The van der Waals surface area contributed by atoms with Crippen LogP contribution in [-0.4, -0.2) is 18.2 Å². The minimum Gasteiger partial charge on any atom is -0.469 e. The molecule has 0 aliphatic heterocycles. The second-order valence-electron chi connectivity index (χ2n) is 3.76. The molecule has 0 aliphatic carbocycles. The fourth-order valence-corrected chi connectivity index (χ4v) is 1.68. The van der Waals surface area contributed by atoms with E-state index in [0.29, 0.717) is 10.6 Å². The standard InChI is InChI=1S/C12H15ClO3/c1-8(6-11(14)16-2)12(15)9-4-3-5-10(13)7-9/h3-5,7-8,12,15H,6H2,1-2H3. The molecule has 0 radical (unpaired) electrons. The first-order valence-corrected chi connectivity index (χ1v) is 5.42. The van der Waals surface area contributed by atoms with Crippen LogP contribution in [0.4, 0.5) is 0 Å². The minimum atomic E-state index is -0.710. The maximum absolute atomic E-state index is 11.1. The van der Waals surface area contributed by atoms with Gasteiger partial charge in [0.1, 0.15) is 0 Å². The highest BCUT2D eigenvalue weighted by molar-refractivity contribution is 6.30. The summed E-state index contributed by atoms with van der Waals surface area (Å²) in [5.41, 5.74) is 0.712. The van der Waals surface area contributed by atoms with Crippen LogP contribution < -0.4 is 0 Å². The maximum atomic E-state index is 11.1. The highest BCUT2D eigenvalue weighted by Gasteiger charge is 2.19. The summed E-state index contributed by atoms with van der Waals surface area (Å²) in [5, 5.41) is 10.6. The number of rotatable bonds is 4. The predicted molar refractivity (Wildman–Crippen MR) is 62.2 cm³/mol. The van der Waals surface area contributed by atoms with E-state index in [1.54, 1.807) is 31.2 Å². The van der Waals surface area contributed by atoms with Crippen LogP contribution in [0.15, 0.2) is 24.3 Å². The summed E-state index contributed by atoms with van der Waals surface area (Å²) in [6, 6.07) is 6.98. The number of benzene rings is 1. The van der Waals surface area contributed by atoms with Gasteiger partial charge in [-0.05, 0) is 23.6 Å². The molecule has 0 bridgehead atoms. The van der Waals surface area contributed by atoms with Crippen molar-refractivity contribution in [3.63, 3.8) is 0 Å². The van der Waals surface area contributed by atoms with Gasteiger partial charge in [-0.1, -0.05) is 30.7 Å². The molecule has 2 atom stereocenters. The van der Waals surface area contributed by atoms with Gasteiger partial charge < -0.3 is 9.84 Å². The van der Waals surface area contributed by atoms with Crippen LogP contribution in [0.2, 0.25) is 5.02 Å². The van der Waals surface area contributed by atoms with Crippen LogP contribution in [0, 0.1) is 5.92 Å². The van der Waals surface area contributed by atoms with Crippen LogP contribution in [0.3, 0.4) is 0 Å². The predicted octanol–water partition coefficient (Wildman–Crippen LogP) is 2.57. The van der Waals surface area contributed by atoms with Gasteiger partial charge >= 0.3 is 5.97 Å². The average molecular weight is 243 g/mol. The largest absolute Gasteiger partial charge is 0.469 e. The Kier molecular flexibility index (Phi) is 4.77. The molecule has 0 spiro atoms. The molecule has 0 saturated carbocycles. The molecule has 0 amide bonds. The van der Waals surface area contributed by atoms with E-state index in [0.717, 1.165) is 0 Å². The Bertz CT molecular complexity index is 365. The van der Waals surface area contributed by atoms with E-state index in [2.05, 4.69) is 4.74 Å². The first kappa shape index (κ1) is 13.0. The second-order valence-corrected chi connectivity index (χ2v) is 4.19. The summed E-state index contributed by atoms with van der Waals surface area (Å²) in [6.07, 6.45) is -0.526. The quantitative estimate of drug-likeness (QED) is 0.826. The molecule has 1 aromatic carbocycles. The average Bonchev–Trinajstić information content (AvgIpc) is 2.27. The van der Waals surface area contributed by atoms with E-state index in [4.69, 9.17) is 11.6 Å². The number of aliphatic hydroxyl groups is 1. The lowest BCUT2D eigenvalue weighted by atomic mass is 9.95. The lowest BCUT2D eigenvalue weighted by Crippen LogP contribution is -2.14. The fraction of sp³-hybridized carbons (Fsp3) is 0.417. The van der Waals surface area contributed by atoms with Gasteiger partial charge in [-0.2, -0.15) is 0 Å². The topological polar surface area (TPSA) is 46.5 Å². The zero-order valence-electron chi connectivity index (χ0n) is 9.31. The zero-order chi connectivity index (χ0) is 12.1. The van der Waals surface area contributed by atoms with Crippen molar-refractivity contribution < 1.29 is 14.6 Å². The van der Waals surface area contributed by atoms with Gasteiger partial charge in [0.2, 0.25) is 0 Å². The monoisotopic (exact) mass is 242 g/mol. The normalized spacial score (nSPS) is 14.2. The molecule has 1 N–H and O–H groups in total. The summed E-state index contributed by atoms with van der Waals surface area (Å²) < 4.78 is 4.55. The fourth-order valence-electron chi connectivity index (χ4n) is 1.48. The molecule has 0 aliphatic rings. The Morgan fingerprint density at radius 2 is 2.25 bits per heavy atom. The number of ether oxygens (including phenoxy) is 1. The van der Waals surface area contributed by atoms with Crippen molar-refractivity contribution in [3.8, 4) is 0 Å². The van der Waals surface area contributed by atoms with E-state index in [9.17, 15) is 9.90 Å². The number of esters is 1. The van der Waals surface area contributed by atoms with E-state index < -0.39 is 6.10 Å². The van der Waals surface area contributed by atoms with Crippen LogP contribution in [0.25, 0.3) is 0 Å². The van der Waals surface area contributed by atoms with Crippen molar-refractivity contribution in [3.05, 3.63) is 34.9 Å². The van der Waals surface area contributed by atoms with Gasteiger partial charge in [-0.15, -0.1) is 0 Å². The molecule has 1 rings (SSSR count). The summed E-state index contributed by atoms with van der Waals surface area (Å²) in [5.74, 6) is -0.528. The van der Waals surface area contributed by atoms with E-state index in [1.807, 2.05) is 0 Å². The molecule has 88 valence electrons. The lowest BCUT2D eigenvalue weighted by Gasteiger charge is -2.18. The van der Waals surface area contributed by atoms with E-state index in [-0.39, 0.29) is 18.3 Å². The van der Waals surface area contributed by atoms with Gasteiger partial charge in [0.05, 0.1) is 19.6 Å². The van der Waals surface area contributed by atoms with Gasteiger partial charge in [0, 0.05) is 5.02 Å². The van der Waals surface area contributed by atoms with Crippen LogP contribution in [0.5, 0.6) is 0 Å². The van der Waals surface area contributed by atoms with Crippen LogP contribution >= 0.6 is 11.6 Å². The Morgan fingerprint density at radius 1 is 1.56 bits per heavy atom. The summed E-state index contributed by atoms with van der Waals surface area (Å²) in [4.78, 5) is 11.1. The summed E-state index contributed by atoms with van der Waals surface area (Å²) >= 11 is 5.82. The highest BCUT2D eigenvalue weighted by Crippen LogP contribution is 2.26. The number of halogens is 1. The molecule has 0 saturated heterocycles. The number of carbonyl (C=O) groups excluding carboxylic acids is 1. The number of hydrogen-bond donors (Lipinski definition) is 1. The Balaban J connectivity index is 2.70. The van der Waals surface area contributed by atoms with Crippen molar-refractivity contribution >= 4 is 17.6 Å². The molecule has 4 heteroatoms. The van der Waals surface area contributed by atoms with Gasteiger partial charge in [0.25, 0.3) is 0 Å². The Morgan fingerprint density at radius 3 is 2.81 bits per heavy atom. The first-order valence-electron chi connectivity index (χ1n) is 5.05. The third-order valence-electron chi connectivity index (χ3n) is 2.45. The van der Waals surface area contributed by atoms with Crippen LogP contribution in [-0.2, 0) is 9.53 Å². The van der Waals surface area contributed by atoms with Crippen molar-refractivity contribution in [2.45, 2.75) is 19.4 Å². The molecule has 2 unspecified atom stereocenters. The summed E-state index contributed by atoms with van der Waals surface area (Å²) in [7, 11) is 1.33. The smallest absolute Gasteiger partial charge is 0.305 e. The molecule has 1 aromatic rings. The molecule has 16 heavy (non-hydrogen) atoms. The molecular formula is C12H15ClO3. The SMILES string of the molecule is COC(=O)CC(C)C(O)c1cccc(Cl)c1. The Hall–Kier alpha value is -1.06. The molecular weight excluding hydrogens is 228 g/mol. The van der Waals surface area contributed by atoms with Gasteiger partial charge in [0.15, 0.2) is 0 Å². The molecule has 0 fully saturated rings. The molecule has 0 aromatic heterocycles. The van der Waals surface area contributed by atoms with Crippen molar-refractivity contribution in [1.82, 2.24) is 0 Å². The zero-order valence-corrected chi connectivity index (χ0v) is 10.1. The van der Waals surface area contributed by atoms with Crippen LogP contribution in [0.1, 0.15) is 25.0 Å². The Labute approximate surface area is 100.0 Å². The number of methoxy groups -OCH3 is 1. The lowest BCUT2D eigenvalue weighted by molar-refractivity contribution is -0.142. The first-order chi connectivity index (χ1) is 7.54. The minimum absolute atomic E-state index is 0.185. The highest BCUT2D eigenvalue weighted by atomic mass is 35.5. The van der Waals surface area contributed by atoms with Gasteiger partial charge in [-0.25, -0.2) is 0 Å². The van der Waals surface area contributed by atoms with E-state index >= 15 is 0 Å². The maximum Gasteiger partial charge on any atom is 0.305 e. The third kappa shape index (κ3) is 3.51. The number of carbonyl (C=O) groups is 1. The number of aliphatic hydroxyl groups excluding tert-OH is 1.